The van der Waals surface area contributed by atoms with Gasteiger partial charge in [0.1, 0.15) is 12.1 Å². The molecule has 0 bridgehead atoms. The first kappa shape index (κ1) is 72.1. The normalized spacial score (nSPS) is 12.8. The third-order valence-corrected chi connectivity index (χ3v) is 14.4. The van der Waals surface area contributed by atoms with Crippen LogP contribution in [0.1, 0.15) is 118 Å². The van der Waals surface area contributed by atoms with Crippen molar-refractivity contribution in [2.24, 2.45) is 0 Å². The summed E-state index contributed by atoms with van der Waals surface area (Å²) in [5.41, 5.74) is 94.0. The Morgan fingerprint density at radius 2 is 0.639 bits per heavy atom. The third kappa shape index (κ3) is 19.1. The second kappa shape index (κ2) is 36.8. The van der Waals surface area contributed by atoms with Gasteiger partial charge >= 0.3 is 0 Å². The molecule has 3 aromatic rings. The van der Waals surface area contributed by atoms with Gasteiger partial charge in [-0.3, -0.25) is 48.2 Å². The zero-order valence-corrected chi connectivity index (χ0v) is 54.8. The highest BCUT2D eigenvalue weighted by atomic mass is 16.2. The summed E-state index contributed by atoms with van der Waals surface area (Å²) < 4.78 is 0. The molecule has 0 aliphatic carbocycles. The fourth-order valence-electron chi connectivity index (χ4n) is 10.6. The summed E-state index contributed by atoms with van der Waals surface area (Å²) in [5.74, 6) is -5.62. The predicted octanol–water partition coefficient (Wildman–Crippen LogP) is 11.8. The Bertz CT molecular complexity index is 5370. The van der Waals surface area contributed by atoms with Crippen LogP contribution in [0.2, 0.25) is 0 Å². The van der Waals surface area contributed by atoms with E-state index in [1.807, 2.05) is 84.9 Å². The monoisotopic (exact) mass is 1260 g/mol. The SMILES string of the molecule is C=C=C=C=C=C=C=C=C=C=C=C=C=C=C=C=C=C=C=C=C=C=C=C=C=C=C=C=C=C=C=C=C=C=C=C(N(C(C)=O)C1CC(=O)N(c2c(CC)cc(C)cc2CC)C1=O)N(C(C)=O)C1CC(=O)N(c2c(CC)cc(Cc3cc(CC)c(N4C(=O)C=CC4=O)c(CC)c3)cc2CC)C1=O. The maximum atomic E-state index is 15.2. The van der Waals surface area contributed by atoms with Crippen LogP contribution in [0, 0.1) is 6.92 Å². The molecular weight excluding hydrogens is 1210 g/mol. The van der Waals surface area contributed by atoms with Crippen LogP contribution in [0.5, 0.6) is 0 Å². The van der Waals surface area contributed by atoms with E-state index in [1.165, 1.54) is 17.1 Å². The molecule has 0 aromatic heterocycles. The molecule has 2 unspecified atom stereocenters. The van der Waals surface area contributed by atoms with Gasteiger partial charge in [0, 0.05) is 118 Å². The maximum Gasteiger partial charge on any atom is 0.258 e. The zero-order chi connectivity index (χ0) is 70.2. The average Bonchev–Trinajstić information content (AvgIpc) is 1.65. The molecule has 13 nitrogen and oxygen atoms in total. The lowest BCUT2D eigenvalue weighted by Gasteiger charge is -2.35. The smallest absolute Gasteiger partial charge is 0.258 e. The fraction of sp³-hybridized carbons (Fsp3) is 0.238. The lowest BCUT2D eigenvalue weighted by molar-refractivity contribution is -0.141. The molecule has 0 radical (unpaired) electrons. The number of rotatable bonds is 15. The molecular formula is C84H57N5O8. The number of nitrogens with zero attached hydrogens (tertiary/aromatic N) is 5. The summed E-state index contributed by atoms with van der Waals surface area (Å²) in [4.78, 5) is 118. The Kier molecular flexibility index (Phi) is 27.3. The van der Waals surface area contributed by atoms with Gasteiger partial charge in [-0.25, -0.2) is 14.7 Å². The van der Waals surface area contributed by atoms with E-state index in [0.29, 0.717) is 73.1 Å². The number of carbonyl (C=O) groups is 8. The first-order valence-electron chi connectivity index (χ1n) is 30.5. The summed E-state index contributed by atoms with van der Waals surface area (Å²) in [6.45, 7) is 19.1. The van der Waals surface area contributed by atoms with E-state index in [1.54, 1.807) is 0 Å². The molecule has 0 spiro atoms. The minimum absolute atomic E-state index is 0.363. The number of carbonyl (C=O) groups excluding carboxylic acids is 8. The van der Waals surface area contributed by atoms with E-state index in [4.69, 9.17) is 0 Å². The van der Waals surface area contributed by atoms with Crippen molar-refractivity contribution in [3.05, 3.63) is 306 Å². The number of hydrogen-bond donors (Lipinski definition) is 0. The Morgan fingerprint density at radius 3 is 0.897 bits per heavy atom. The molecule has 0 N–H and O–H groups in total. The molecule has 13 heteroatoms. The highest BCUT2D eigenvalue weighted by Gasteiger charge is 2.51. The van der Waals surface area contributed by atoms with Crippen LogP contribution in [-0.2, 0) is 83.3 Å². The molecule has 0 saturated carbocycles. The van der Waals surface area contributed by atoms with Crippen molar-refractivity contribution in [2.45, 2.75) is 132 Å². The van der Waals surface area contributed by atoms with Crippen LogP contribution in [0.15, 0.2) is 256 Å². The molecule has 2 atom stereocenters. The van der Waals surface area contributed by atoms with Crippen LogP contribution < -0.4 is 14.7 Å². The van der Waals surface area contributed by atoms with Crippen molar-refractivity contribution < 1.29 is 38.4 Å². The average molecular weight is 1260 g/mol. The summed E-state index contributed by atoms with van der Waals surface area (Å²) in [6, 6.07) is 8.55. The van der Waals surface area contributed by atoms with Gasteiger partial charge in [-0.2, -0.15) is 0 Å². The lowest BCUT2D eigenvalue weighted by Crippen LogP contribution is -2.53. The van der Waals surface area contributed by atoms with Gasteiger partial charge in [0.2, 0.25) is 23.6 Å². The molecule has 466 valence electrons. The highest BCUT2D eigenvalue weighted by molar-refractivity contribution is 6.29. The van der Waals surface area contributed by atoms with Gasteiger partial charge in [0.05, 0.1) is 29.9 Å². The van der Waals surface area contributed by atoms with E-state index in [2.05, 4.69) is 201 Å². The van der Waals surface area contributed by atoms with E-state index in [9.17, 15) is 33.6 Å². The second-order valence-corrected chi connectivity index (χ2v) is 20.6. The molecule has 3 aliphatic rings. The largest absolute Gasteiger partial charge is 0.278 e. The van der Waals surface area contributed by atoms with Crippen molar-refractivity contribution in [3.8, 4) is 0 Å². The summed E-state index contributed by atoms with van der Waals surface area (Å²) in [7, 11) is 0. The molecule has 3 aliphatic heterocycles. The molecule has 3 heterocycles. The van der Waals surface area contributed by atoms with Crippen LogP contribution in [0.4, 0.5) is 17.1 Å². The minimum atomic E-state index is -1.57. The lowest BCUT2D eigenvalue weighted by atomic mass is 9.92. The predicted molar refractivity (Wildman–Crippen MR) is 360 cm³/mol. The second-order valence-electron chi connectivity index (χ2n) is 20.6. The van der Waals surface area contributed by atoms with Gasteiger partial charge in [-0.15, -0.1) is 0 Å². The summed E-state index contributed by atoms with van der Waals surface area (Å²) >= 11 is 0. The molecule has 97 heavy (non-hydrogen) atoms. The van der Waals surface area contributed by atoms with Crippen LogP contribution in [-0.4, -0.2) is 69.1 Å². The Morgan fingerprint density at radius 1 is 0.392 bits per heavy atom. The third-order valence-electron chi connectivity index (χ3n) is 14.4. The van der Waals surface area contributed by atoms with Crippen LogP contribution in [0.3, 0.4) is 0 Å². The van der Waals surface area contributed by atoms with Crippen LogP contribution >= 0.6 is 0 Å². The van der Waals surface area contributed by atoms with Crippen LogP contribution in [0.25, 0.3) is 0 Å². The Hall–Kier alpha value is -14.0. The highest BCUT2D eigenvalue weighted by Crippen LogP contribution is 2.39. The van der Waals surface area contributed by atoms with E-state index >= 15 is 4.79 Å². The molecule has 2 fully saturated rings. The Labute approximate surface area is 562 Å². The number of benzene rings is 3. The molecule has 8 amide bonds. The molecule has 2 saturated heterocycles. The van der Waals surface area contributed by atoms with Gasteiger partial charge in [0.15, 0.2) is 5.82 Å². The molecule has 3 aromatic carbocycles. The number of anilines is 3. The number of aryl methyl sites for hydroxylation is 7. The standard InChI is InChI=1S/C84H57N5O8/c1-11-18-19-20-21-22-23-24-25-26-27-28-29-30-31-32-33-34-35-36-37-38-39-40-41-42-43-44-45-46-47-48-49-50-75(85(63(9)90)73-60-78(94)88(83(73)96)81-67(12-2)53-62(8)54-68(81)13-3)86(64(10)91)74-61-79(95)89(84(74)97)82-71(16-6)58-66(59-72(82)17-7)55-65-56-69(14-4)80(70(15-5)57-65)87-76(92)51-52-77(87)93/h51-54,56-59,73-74H,1,12-17,55,60-61H2,2-10H3. The molecule has 6 rings (SSSR count). The van der Waals surface area contributed by atoms with Crippen molar-refractivity contribution in [3.63, 3.8) is 0 Å². The Balaban J connectivity index is 1.43. The van der Waals surface area contributed by atoms with Crippen molar-refractivity contribution >= 4 is 64.3 Å². The summed E-state index contributed by atoms with van der Waals surface area (Å²) in [5, 5.41) is 0. The van der Waals surface area contributed by atoms with Crippen molar-refractivity contribution in [1.82, 2.24) is 9.80 Å². The first-order valence-corrected chi connectivity index (χ1v) is 30.5. The van der Waals surface area contributed by atoms with E-state index in [-0.39, 0.29) is 0 Å². The topological polar surface area (TPSA) is 153 Å². The fourth-order valence-corrected chi connectivity index (χ4v) is 10.6. The first-order chi connectivity index (χ1) is 47.0. The number of hydrogen-bond acceptors (Lipinski definition) is 8. The van der Waals surface area contributed by atoms with E-state index < -0.39 is 78.0 Å². The van der Waals surface area contributed by atoms with Gasteiger partial charge in [-0.1, -0.05) is 89.2 Å². The van der Waals surface area contributed by atoms with Gasteiger partial charge in [0.25, 0.3) is 23.6 Å². The maximum absolute atomic E-state index is 15.2. The van der Waals surface area contributed by atoms with Gasteiger partial charge in [-0.05, 0) is 200 Å². The van der Waals surface area contributed by atoms with Crippen molar-refractivity contribution in [1.29, 1.82) is 0 Å². The van der Waals surface area contributed by atoms with Gasteiger partial charge < -0.3 is 0 Å². The number of imide groups is 3. The van der Waals surface area contributed by atoms with E-state index in [0.717, 1.165) is 72.4 Å². The quantitative estimate of drug-likeness (QED) is 0.108. The summed E-state index contributed by atoms with van der Waals surface area (Å²) in [6.07, 6.45) is 4.82. The minimum Gasteiger partial charge on any atom is -0.278 e. The number of amides is 8. The zero-order valence-electron chi connectivity index (χ0n) is 54.8. The van der Waals surface area contributed by atoms with Crippen molar-refractivity contribution in [2.75, 3.05) is 14.7 Å².